The van der Waals surface area contributed by atoms with E-state index in [0.29, 0.717) is 0 Å². The normalized spacial score (nSPS) is 7.71. The van der Waals surface area contributed by atoms with Gasteiger partial charge in [0.05, 0.1) is 0 Å². The van der Waals surface area contributed by atoms with Gasteiger partial charge in [-0.25, -0.2) is 0 Å². The second-order valence-corrected chi connectivity index (χ2v) is 2.17. The Balaban J connectivity index is 0. The van der Waals surface area contributed by atoms with E-state index in [1.54, 1.807) is 0 Å². The van der Waals surface area contributed by atoms with Crippen LogP contribution in [0.2, 0.25) is 0 Å². The van der Waals surface area contributed by atoms with E-state index in [1.165, 1.54) is 11.0 Å². The minimum absolute atomic E-state index is 0. The third-order valence-electron chi connectivity index (χ3n) is 0.380. The first-order valence-corrected chi connectivity index (χ1v) is 3.57. The molecule has 42 valence electrons. The molecule has 0 bridgehead atoms. The quantitative estimate of drug-likeness (QED) is 0.513. The molecule has 7 heavy (non-hydrogen) atoms. The van der Waals surface area contributed by atoms with Gasteiger partial charge in [0.1, 0.15) is 0 Å². The van der Waals surface area contributed by atoms with Gasteiger partial charge in [-0.15, -0.1) is 0 Å². The van der Waals surface area contributed by atoms with E-state index in [1.807, 2.05) is 0 Å². The monoisotopic (exact) mass is 174 g/mol. The number of halogens is 1. The van der Waals surface area contributed by atoms with Gasteiger partial charge in [0, 0.05) is 34.1 Å². The van der Waals surface area contributed by atoms with Crippen LogP contribution in [0.4, 0.5) is 0 Å². The second kappa shape index (κ2) is 10.3. The molecule has 4 heteroatoms. The molecule has 0 fully saturated rings. The topological polar surface area (TPSA) is 20.2 Å². The maximum atomic E-state index is 8.13. The zero-order chi connectivity index (χ0) is 4.83. The summed E-state index contributed by atoms with van der Waals surface area (Å²) < 4.78 is 0. The molecule has 0 atom stereocenters. The number of aliphatic hydroxyl groups is 1. The van der Waals surface area contributed by atoms with E-state index in [4.69, 9.17) is 15.8 Å². The molecule has 0 heterocycles. The largest absolute Gasteiger partial charge is 0.396 e. The molecule has 0 aromatic heterocycles. The van der Waals surface area contributed by atoms with Crippen molar-refractivity contribution < 1.29 is 26.8 Å². The first-order valence-electron chi connectivity index (χ1n) is 1.76. The van der Waals surface area contributed by atoms with E-state index in [0.717, 1.165) is 12.2 Å². The van der Waals surface area contributed by atoms with Crippen molar-refractivity contribution in [1.29, 1.82) is 0 Å². The Bertz CT molecular complexity index is 26.9. The minimum atomic E-state index is 0. The first-order chi connectivity index (χ1) is 2.91. The zero-order valence-electron chi connectivity index (χ0n) is 3.85. The predicted octanol–water partition coefficient (Wildman–Crippen LogP) is 1.25. The molecule has 1 nitrogen and oxygen atoms in total. The van der Waals surface area contributed by atoms with E-state index in [9.17, 15) is 0 Å². The van der Waals surface area contributed by atoms with Crippen LogP contribution in [0.25, 0.3) is 0 Å². The molecule has 0 rings (SSSR count). The predicted molar refractivity (Wildman–Crippen MR) is 30.0 cm³/mol. The molecule has 0 saturated carbocycles. The van der Waals surface area contributed by atoms with Crippen LogP contribution in [-0.4, -0.2) is 17.5 Å². The molecule has 0 aliphatic rings. The molecular weight excluding hydrogens is 167 g/mol. The van der Waals surface area contributed by atoms with Gasteiger partial charge in [0.15, 0.2) is 0 Å². The van der Waals surface area contributed by atoms with Crippen molar-refractivity contribution >= 4 is 21.7 Å². The van der Waals surface area contributed by atoms with Crippen LogP contribution in [0.5, 0.6) is 0 Å². The van der Waals surface area contributed by atoms with Gasteiger partial charge in [0.2, 0.25) is 0 Å². The minimum Gasteiger partial charge on any atom is -0.396 e. The molecule has 0 aliphatic carbocycles. The average Bonchev–Trinajstić information content (AvgIpc) is 1.61. The summed E-state index contributed by atoms with van der Waals surface area (Å²) in [6, 6.07) is 0. The van der Waals surface area contributed by atoms with Gasteiger partial charge in [0.25, 0.3) is 0 Å². The van der Waals surface area contributed by atoms with Crippen LogP contribution in [0.15, 0.2) is 0 Å². The molecule has 0 aromatic rings. The Morgan fingerprint density at radius 1 is 1.57 bits per heavy atom. The van der Waals surface area contributed by atoms with E-state index >= 15 is 0 Å². The number of aliphatic hydroxyl groups excluding tert-OH is 1. The zero-order valence-corrected chi connectivity index (χ0v) is 6.99. The molecule has 0 saturated heterocycles. The fraction of sp³-hybridized carbons (Fsp3) is 1.00. The SMILES string of the molecule is OCCCSCl.[Ti]. The Morgan fingerprint density at radius 3 is 2.29 bits per heavy atom. The van der Waals surface area contributed by atoms with Crippen LogP contribution >= 0.6 is 21.7 Å². The van der Waals surface area contributed by atoms with Crippen molar-refractivity contribution in [2.75, 3.05) is 12.4 Å². The maximum absolute atomic E-state index is 8.13. The van der Waals surface area contributed by atoms with E-state index in [-0.39, 0.29) is 28.3 Å². The van der Waals surface area contributed by atoms with Gasteiger partial charge in [-0.05, 0) is 17.1 Å². The Hall–Kier alpha value is 1.31. The molecule has 0 radical (unpaired) electrons. The molecular formula is C3H7ClOSTi. The Morgan fingerprint density at radius 2 is 2.14 bits per heavy atom. The smallest absolute Gasteiger partial charge is 0.0439 e. The maximum Gasteiger partial charge on any atom is 0.0439 e. The number of rotatable bonds is 3. The third kappa shape index (κ3) is 11.1. The summed E-state index contributed by atoms with van der Waals surface area (Å²) in [4.78, 5) is 0. The Labute approximate surface area is 67.2 Å². The molecule has 0 amide bonds. The molecule has 0 aliphatic heterocycles. The van der Waals surface area contributed by atoms with Crippen LogP contribution in [-0.2, 0) is 21.7 Å². The van der Waals surface area contributed by atoms with Crippen molar-refractivity contribution in [2.24, 2.45) is 0 Å². The van der Waals surface area contributed by atoms with Crippen molar-refractivity contribution in [3.63, 3.8) is 0 Å². The average molecular weight is 174 g/mol. The standard InChI is InChI=1S/C3H7ClOS.Ti/c4-6-3-1-2-5;/h5H,1-3H2;. The van der Waals surface area contributed by atoms with Crippen LogP contribution in [0.1, 0.15) is 6.42 Å². The fourth-order valence-corrected chi connectivity index (χ4v) is 0.685. The first kappa shape index (κ1) is 11.2. The second-order valence-electron chi connectivity index (χ2n) is 0.890. The third-order valence-corrected chi connectivity index (χ3v) is 1.29. The van der Waals surface area contributed by atoms with Crippen LogP contribution in [0.3, 0.4) is 0 Å². The van der Waals surface area contributed by atoms with Crippen molar-refractivity contribution in [3.05, 3.63) is 0 Å². The van der Waals surface area contributed by atoms with Gasteiger partial charge >= 0.3 is 0 Å². The van der Waals surface area contributed by atoms with Crippen molar-refractivity contribution in [1.82, 2.24) is 0 Å². The van der Waals surface area contributed by atoms with Crippen molar-refractivity contribution in [2.45, 2.75) is 6.42 Å². The van der Waals surface area contributed by atoms with Crippen LogP contribution in [0, 0.1) is 0 Å². The molecule has 0 unspecified atom stereocenters. The molecule has 0 aromatic carbocycles. The fourth-order valence-electron chi connectivity index (χ4n) is 0.119. The van der Waals surface area contributed by atoms with Gasteiger partial charge < -0.3 is 5.11 Å². The molecule has 1 N–H and O–H groups in total. The summed E-state index contributed by atoms with van der Waals surface area (Å²) in [5.41, 5.74) is 0. The van der Waals surface area contributed by atoms with Gasteiger partial charge in [-0.2, -0.15) is 0 Å². The summed E-state index contributed by atoms with van der Waals surface area (Å²) in [7, 11) is 6.42. The van der Waals surface area contributed by atoms with E-state index < -0.39 is 0 Å². The number of hydrogen-bond acceptors (Lipinski definition) is 2. The van der Waals surface area contributed by atoms with Crippen LogP contribution < -0.4 is 0 Å². The summed E-state index contributed by atoms with van der Waals surface area (Å²) >= 11 is 0. The summed E-state index contributed by atoms with van der Waals surface area (Å²) in [6.45, 7) is 0.250. The number of hydrogen-bond donors (Lipinski definition) is 1. The van der Waals surface area contributed by atoms with Gasteiger partial charge in [-0.3, -0.25) is 0 Å². The van der Waals surface area contributed by atoms with Gasteiger partial charge in [-0.1, -0.05) is 11.0 Å². The summed E-state index contributed by atoms with van der Waals surface area (Å²) in [5.74, 6) is 0.845. The summed E-state index contributed by atoms with van der Waals surface area (Å²) in [5, 5.41) is 8.13. The van der Waals surface area contributed by atoms with Crippen molar-refractivity contribution in [3.8, 4) is 0 Å². The molecule has 0 spiro atoms. The Kier molecular flexibility index (Phi) is 16.5. The summed E-state index contributed by atoms with van der Waals surface area (Å²) in [6.07, 6.45) is 0.800. The van der Waals surface area contributed by atoms with E-state index in [2.05, 4.69) is 0 Å².